The van der Waals surface area contributed by atoms with Gasteiger partial charge in [-0.2, -0.15) is 0 Å². The lowest BCUT2D eigenvalue weighted by atomic mass is 9.77. The van der Waals surface area contributed by atoms with Crippen LogP contribution in [0.3, 0.4) is 0 Å². The molecule has 0 spiro atoms. The summed E-state index contributed by atoms with van der Waals surface area (Å²) >= 11 is 0. The molecule has 0 amide bonds. The van der Waals surface area contributed by atoms with Crippen molar-refractivity contribution in [1.82, 2.24) is 0 Å². The molecule has 3 nitrogen and oxygen atoms in total. The fourth-order valence-corrected chi connectivity index (χ4v) is 2.42. The second kappa shape index (κ2) is 5.13. The second-order valence-corrected chi connectivity index (χ2v) is 4.42. The van der Waals surface area contributed by atoms with Gasteiger partial charge in [0.05, 0.1) is 7.11 Å². The van der Waals surface area contributed by atoms with Gasteiger partial charge >= 0.3 is 5.97 Å². The van der Waals surface area contributed by atoms with E-state index in [1.165, 1.54) is 12.7 Å². The van der Waals surface area contributed by atoms with Crippen molar-refractivity contribution >= 4 is 11.8 Å². The Hall–Kier alpha value is -1.64. The lowest BCUT2D eigenvalue weighted by Crippen LogP contribution is -2.31. The van der Waals surface area contributed by atoms with Gasteiger partial charge in [-0.25, -0.2) is 0 Å². The average molecular weight is 232 g/mol. The Balaban J connectivity index is 2.13. The topological polar surface area (TPSA) is 43.4 Å². The van der Waals surface area contributed by atoms with Gasteiger partial charge in [-0.1, -0.05) is 30.3 Å². The molecule has 1 aliphatic rings. The molecule has 0 heterocycles. The number of ketones is 1. The molecule has 0 N–H and O–H groups in total. The molecular formula is C14H16O3. The Bertz CT molecular complexity index is 403. The molecule has 3 heteroatoms. The minimum atomic E-state index is -0.570. The third-order valence-corrected chi connectivity index (χ3v) is 3.40. The Morgan fingerprint density at radius 2 is 2.00 bits per heavy atom. The maximum atomic E-state index is 11.7. The van der Waals surface area contributed by atoms with Crippen LogP contribution in [0.1, 0.15) is 30.7 Å². The van der Waals surface area contributed by atoms with E-state index < -0.39 is 11.9 Å². The third kappa shape index (κ3) is 2.54. The third-order valence-electron chi connectivity index (χ3n) is 3.40. The molecule has 0 saturated heterocycles. The number of carbonyl (C=O) groups is 2. The van der Waals surface area contributed by atoms with Gasteiger partial charge in [0, 0.05) is 6.42 Å². The number of benzene rings is 1. The summed E-state index contributed by atoms with van der Waals surface area (Å²) in [4.78, 5) is 23.2. The van der Waals surface area contributed by atoms with Crippen LogP contribution in [-0.2, 0) is 14.3 Å². The van der Waals surface area contributed by atoms with Crippen molar-refractivity contribution in [3.63, 3.8) is 0 Å². The molecule has 2 atom stereocenters. The summed E-state index contributed by atoms with van der Waals surface area (Å²) in [5, 5.41) is 0. The SMILES string of the molecule is COC(=O)[C@H]1C[C@@H](c2ccccc2)CCC1=O. The number of rotatable bonds is 2. The van der Waals surface area contributed by atoms with Crippen molar-refractivity contribution in [1.29, 1.82) is 0 Å². The molecular weight excluding hydrogens is 216 g/mol. The highest BCUT2D eigenvalue weighted by Gasteiger charge is 2.34. The van der Waals surface area contributed by atoms with Crippen LogP contribution in [0, 0.1) is 5.92 Å². The van der Waals surface area contributed by atoms with Crippen LogP contribution < -0.4 is 0 Å². The van der Waals surface area contributed by atoms with E-state index in [4.69, 9.17) is 0 Å². The molecule has 1 fully saturated rings. The van der Waals surface area contributed by atoms with Crippen molar-refractivity contribution < 1.29 is 14.3 Å². The number of ether oxygens (including phenoxy) is 1. The highest BCUT2D eigenvalue weighted by Crippen LogP contribution is 2.34. The molecule has 17 heavy (non-hydrogen) atoms. The van der Waals surface area contributed by atoms with Gasteiger partial charge < -0.3 is 4.74 Å². The summed E-state index contributed by atoms with van der Waals surface area (Å²) in [5.74, 6) is -0.656. The van der Waals surface area contributed by atoms with Crippen molar-refractivity contribution in [2.24, 2.45) is 5.92 Å². The summed E-state index contributed by atoms with van der Waals surface area (Å²) in [6, 6.07) is 10.0. The van der Waals surface area contributed by atoms with Crippen LogP contribution >= 0.6 is 0 Å². The van der Waals surface area contributed by atoms with E-state index in [-0.39, 0.29) is 11.7 Å². The van der Waals surface area contributed by atoms with Crippen LogP contribution in [0.25, 0.3) is 0 Å². The van der Waals surface area contributed by atoms with Crippen LogP contribution in [-0.4, -0.2) is 18.9 Å². The fourth-order valence-electron chi connectivity index (χ4n) is 2.42. The molecule has 1 saturated carbocycles. The van der Waals surface area contributed by atoms with E-state index in [2.05, 4.69) is 16.9 Å². The van der Waals surface area contributed by atoms with Crippen molar-refractivity contribution in [2.45, 2.75) is 25.2 Å². The number of esters is 1. The normalized spacial score (nSPS) is 24.4. The van der Waals surface area contributed by atoms with Gasteiger partial charge in [0.15, 0.2) is 0 Å². The van der Waals surface area contributed by atoms with E-state index in [9.17, 15) is 9.59 Å². The number of hydrogen-bond acceptors (Lipinski definition) is 3. The van der Waals surface area contributed by atoms with Gasteiger partial charge in [0.2, 0.25) is 0 Å². The molecule has 1 aliphatic carbocycles. The van der Waals surface area contributed by atoms with Crippen LogP contribution in [0.15, 0.2) is 30.3 Å². The summed E-state index contributed by atoms with van der Waals surface area (Å²) in [7, 11) is 1.34. The first-order valence-corrected chi connectivity index (χ1v) is 5.88. The maximum absolute atomic E-state index is 11.7. The van der Waals surface area contributed by atoms with E-state index in [1.807, 2.05) is 18.2 Å². The van der Waals surface area contributed by atoms with Crippen molar-refractivity contribution in [2.75, 3.05) is 7.11 Å². The van der Waals surface area contributed by atoms with Crippen LogP contribution in [0.5, 0.6) is 0 Å². The summed E-state index contributed by atoms with van der Waals surface area (Å²) in [5.41, 5.74) is 1.20. The van der Waals surface area contributed by atoms with Crippen LogP contribution in [0.2, 0.25) is 0 Å². The molecule has 0 bridgehead atoms. The minimum Gasteiger partial charge on any atom is -0.468 e. The predicted molar refractivity (Wildman–Crippen MR) is 63.5 cm³/mol. The first-order valence-electron chi connectivity index (χ1n) is 5.88. The van der Waals surface area contributed by atoms with Gasteiger partial charge in [0.25, 0.3) is 0 Å². The van der Waals surface area contributed by atoms with Crippen LogP contribution in [0.4, 0.5) is 0 Å². The predicted octanol–water partition coefficient (Wildman–Crippen LogP) is 2.31. The largest absolute Gasteiger partial charge is 0.468 e. The zero-order valence-electron chi connectivity index (χ0n) is 9.89. The first-order chi connectivity index (χ1) is 8.22. The summed E-state index contributed by atoms with van der Waals surface area (Å²) in [6.45, 7) is 0. The van der Waals surface area contributed by atoms with E-state index in [0.29, 0.717) is 12.8 Å². The second-order valence-electron chi connectivity index (χ2n) is 4.42. The van der Waals surface area contributed by atoms with Crippen molar-refractivity contribution in [3.8, 4) is 0 Å². The number of methoxy groups -OCH3 is 1. The number of Topliss-reactive ketones (excluding diaryl/α,β-unsaturated/α-hetero) is 1. The first kappa shape index (κ1) is 11.8. The highest BCUT2D eigenvalue weighted by molar-refractivity contribution is 5.99. The quantitative estimate of drug-likeness (QED) is 0.580. The Morgan fingerprint density at radius 1 is 1.29 bits per heavy atom. The molecule has 2 rings (SSSR count). The lowest BCUT2D eigenvalue weighted by Gasteiger charge is -2.26. The molecule has 0 unspecified atom stereocenters. The summed E-state index contributed by atoms with van der Waals surface area (Å²) in [6.07, 6.45) is 1.88. The molecule has 0 aromatic heterocycles. The van der Waals surface area contributed by atoms with Gasteiger partial charge in [-0.3, -0.25) is 9.59 Å². The van der Waals surface area contributed by atoms with Gasteiger partial charge in [-0.05, 0) is 24.3 Å². The fraction of sp³-hybridized carbons (Fsp3) is 0.429. The average Bonchev–Trinajstić information content (AvgIpc) is 2.39. The number of hydrogen-bond donors (Lipinski definition) is 0. The molecule has 0 radical (unpaired) electrons. The van der Waals surface area contributed by atoms with Gasteiger partial charge in [-0.15, -0.1) is 0 Å². The number of carbonyl (C=O) groups excluding carboxylic acids is 2. The smallest absolute Gasteiger partial charge is 0.316 e. The standard InChI is InChI=1S/C14H16O3/c1-17-14(16)12-9-11(7-8-13(12)15)10-5-3-2-4-6-10/h2-6,11-12H,7-9H2,1H3/t11-,12-/m0/s1. The molecule has 1 aromatic carbocycles. The maximum Gasteiger partial charge on any atom is 0.316 e. The minimum absolute atomic E-state index is 0.0176. The Kier molecular flexibility index (Phi) is 3.57. The van der Waals surface area contributed by atoms with E-state index in [0.717, 1.165) is 6.42 Å². The molecule has 0 aliphatic heterocycles. The summed E-state index contributed by atoms with van der Waals surface area (Å²) < 4.78 is 4.68. The zero-order chi connectivity index (χ0) is 12.3. The Labute approximate surface area is 101 Å². The molecule has 1 aromatic rings. The monoisotopic (exact) mass is 232 g/mol. The lowest BCUT2D eigenvalue weighted by molar-refractivity contribution is -0.150. The van der Waals surface area contributed by atoms with E-state index in [1.54, 1.807) is 0 Å². The highest BCUT2D eigenvalue weighted by atomic mass is 16.5. The van der Waals surface area contributed by atoms with Gasteiger partial charge in [0.1, 0.15) is 11.7 Å². The van der Waals surface area contributed by atoms with E-state index >= 15 is 0 Å². The Morgan fingerprint density at radius 3 is 2.65 bits per heavy atom. The van der Waals surface area contributed by atoms with Crippen molar-refractivity contribution in [3.05, 3.63) is 35.9 Å². The molecule has 90 valence electrons. The zero-order valence-corrected chi connectivity index (χ0v) is 9.89.